The molecule has 2 saturated heterocycles. The standard InChI is InChI=1S/C35H54N2O4/c1-32-12-9-29(40-23-20-36-16-3-4-17-36)25-27(32)7-8-31-30(32)10-13-33(2)34(31,38)14-15-35(33,28-11-22-39-26-28)41-24-21-37-18-5-6-19-37/h7,11,22,26,29-31,38H,3-6,8-10,12-21,23-25H2,1-2H3/t29?,30-,31-,32+,33+,34-,35?/m1/s1. The molecule has 1 N–H and O–H groups in total. The molecule has 7 rings (SSSR count). The van der Waals surface area contributed by atoms with Crippen molar-refractivity contribution < 1.29 is 19.0 Å². The van der Waals surface area contributed by atoms with Crippen LogP contribution in [0.1, 0.15) is 96.5 Å². The molecule has 0 aromatic carbocycles. The van der Waals surface area contributed by atoms with Crippen molar-refractivity contribution in [3.63, 3.8) is 0 Å². The maximum atomic E-state index is 12.9. The van der Waals surface area contributed by atoms with Crippen molar-refractivity contribution in [1.82, 2.24) is 9.80 Å². The van der Waals surface area contributed by atoms with Crippen LogP contribution in [0.15, 0.2) is 34.7 Å². The zero-order chi connectivity index (χ0) is 28.1. The first-order valence-electron chi connectivity index (χ1n) is 17.0. The van der Waals surface area contributed by atoms with Crippen molar-refractivity contribution in [3.8, 4) is 0 Å². The Balaban J connectivity index is 1.08. The summed E-state index contributed by atoms with van der Waals surface area (Å²) in [6, 6.07) is 2.10. The van der Waals surface area contributed by atoms with E-state index in [2.05, 4.69) is 35.8 Å². The first-order chi connectivity index (χ1) is 19.9. The Kier molecular flexibility index (Phi) is 7.72. The van der Waals surface area contributed by atoms with Crippen molar-refractivity contribution in [2.75, 3.05) is 52.5 Å². The van der Waals surface area contributed by atoms with Crippen molar-refractivity contribution in [2.45, 2.75) is 108 Å². The van der Waals surface area contributed by atoms with Crippen LogP contribution in [0.4, 0.5) is 0 Å². The van der Waals surface area contributed by atoms with Gasteiger partial charge in [0.05, 0.1) is 37.4 Å². The van der Waals surface area contributed by atoms with E-state index >= 15 is 0 Å². The smallest absolute Gasteiger partial charge is 0.104 e. The van der Waals surface area contributed by atoms with Crippen LogP contribution in [0.2, 0.25) is 0 Å². The minimum absolute atomic E-state index is 0.173. The van der Waals surface area contributed by atoms with E-state index in [-0.39, 0.29) is 16.7 Å². The number of furan rings is 1. The number of nitrogens with zero attached hydrogens (tertiary/aromatic N) is 2. The molecule has 228 valence electrons. The minimum atomic E-state index is -0.741. The molecule has 0 spiro atoms. The minimum Gasteiger partial charge on any atom is -0.472 e. The normalized spacial score (nSPS) is 43.1. The molecule has 2 unspecified atom stereocenters. The van der Waals surface area contributed by atoms with Crippen molar-refractivity contribution in [1.29, 1.82) is 0 Å². The summed E-state index contributed by atoms with van der Waals surface area (Å²) < 4.78 is 19.2. The quantitative estimate of drug-likeness (QED) is 0.362. The SMILES string of the molecule is C[C@]12CCC(OCCN3CCCC3)CC1=CC[C@@H]1[C@H]2CC[C@]2(C)C(OCCN3CCCC3)(c3ccoc3)CC[C@@]12O. The number of aliphatic hydroxyl groups is 1. The summed E-state index contributed by atoms with van der Waals surface area (Å²) in [5.41, 5.74) is 1.34. The first-order valence-corrected chi connectivity index (χ1v) is 17.0. The number of ether oxygens (including phenoxy) is 2. The summed E-state index contributed by atoms with van der Waals surface area (Å²) in [5, 5.41) is 12.9. The van der Waals surface area contributed by atoms with Gasteiger partial charge in [0, 0.05) is 24.1 Å². The Morgan fingerprint density at radius 1 is 0.902 bits per heavy atom. The van der Waals surface area contributed by atoms with Crippen molar-refractivity contribution in [3.05, 3.63) is 35.8 Å². The van der Waals surface area contributed by atoms with Crippen LogP contribution in [-0.2, 0) is 15.1 Å². The third-order valence-electron chi connectivity index (χ3n) is 13.3. The average Bonchev–Trinajstić information content (AvgIpc) is 3.79. The van der Waals surface area contributed by atoms with E-state index in [0.717, 1.165) is 70.2 Å². The Hall–Kier alpha value is -1.18. The van der Waals surface area contributed by atoms with Gasteiger partial charge in [-0.2, -0.15) is 0 Å². The van der Waals surface area contributed by atoms with Crippen LogP contribution >= 0.6 is 0 Å². The number of allylic oxidation sites excluding steroid dienone is 1. The Morgan fingerprint density at radius 3 is 2.34 bits per heavy atom. The molecule has 1 aromatic heterocycles. The maximum Gasteiger partial charge on any atom is 0.104 e. The third kappa shape index (κ3) is 4.61. The van der Waals surface area contributed by atoms with Crippen LogP contribution in [0.25, 0.3) is 0 Å². The molecule has 2 aliphatic heterocycles. The lowest BCUT2D eigenvalue weighted by Crippen LogP contribution is -2.63. The van der Waals surface area contributed by atoms with Gasteiger partial charge >= 0.3 is 0 Å². The summed E-state index contributed by atoms with van der Waals surface area (Å²) in [4.78, 5) is 5.09. The highest BCUT2D eigenvalue weighted by Gasteiger charge is 2.72. The van der Waals surface area contributed by atoms with Gasteiger partial charge in [0.2, 0.25) is 0 Å². The topological polar surface area (TPSA) is 58.3 Å². The molecule has 1 aromatic rings. The number of fused-ring (bicyclic) bond motifs is 5. The number of rotatable bonds is 9. The van der Waals surface area contributed by atoms with E-state index in [9.17, 15) is 5.11 Å². The fourth-order valence-corrected chi connectivity index (χ4v) is 10.7. The molecule has 7 atom stereocenters. The van der Waals surface area contributed by atoms with E-state index in [1.807, 2.05) is 6.26 Å². The van der Waals surface area contributed by atoms with E-state index < -0.39 is 11.2 Å². The largest absolute Gasteiger partial charge is 0.472 e. The second-order valence-corrected chi connectivity index (χ2v) is 14.9. The Morgan fingerprint density at radius 2 is 1.63 bits per heavy atom. The van der Waals surface area contributed by atoms with E-state index in [4.69, 9.17) is 13.9 Å². The highest BCUT2D eigenvalue weighted by Crippen LogP contribution is 2.71. The lowest BCUT2D eigenvalue weighted by atomic mass is 9.45. The summed E-state index contributed by atoms with van der Waals surface area (Å²) in [7, 11) is 0. The highest BCUT2D eigenvalue weighted by atomic mass is 16.5. The molecule has 5 fully saturated rings. The zero-order valence-corrected chi connectivity index (χ0v) is 25.7. The van der Waals surface area contributed by atoms with Gasteiger partial charge in [-0.05, 0) is 127 Å². The predicted octanol–water partition coefficient (Wildman–Crippen LogP) is 6.15. The summed E-state index contributed by atoms with van der Waals surface area (Å²) in [6.45, 7) is 13.4. The van der Waals surface area contributed by atoms with Crippen LogP contribution < -0.4 is 0 Å². The molecule has 0 amide bonds. The fraction of sp³-hybridized carbons (Fsp3) is 0.829. The lowest BCUT2D eigenvalue weighted by Gasteiger charge is -2.62. The zero-order valence-electron chi connectivity index (χ0n) is 25.7. The van der Waals surface area contributed by atoms with Gasteiger partial charge in [0.1, 0.15) is 5.60 Å². The van der Waals surface area contributed by atoms with E-state index in [1.165, 1.54) is 58.3 Å². The molecular weight excluding hydrogens is 512 g/mol. The van der Waals surface area contributed by atoms with Gasteiger partial charge < -0.3 is 28.8 Å². The first kappa shape index (κ1) is 28.6. The van der Waals surface area contributed by atoms with Gasteiger partial charge in [0.25, 0.3) is 0 Å². The number of hydrogen-bond donors (Lipinski definition) is 1. The molecule has 6 heteroatoms. The fourth-order valence-electron chi connectivity index (χ4n) is 10.7. The van der Waals surface area contributed by atoms with Gasteiger partial charge in [0.15, 0.2) is 0 Å². The molecule has 6 aliphatic rings. The van der Waals surface area contributed by atoms with Gasteiger partial charge in [-0.15, -0.1) is 0 Å². The van der Waals surface area contributed by atoms with Crippen LogP contribution in [0.3, 0.4) is 0 Å². The summed E-state index contributed by atoms with van der Waals surface area (Å²) in [5.74, 6) is 0.800. The monoisotopic (exact) mass is 566 g/mol. The highest BCUT2D eigenvalue weighted by molar-refractivity contribution is 5.34. The van der Waals surface area contributed by atoms with E-state index in [0.29, 0.717) is 18.6 Å². The van der Waals surface area contributed by atoms with Crippen molar-refractivity contribution in [2.24, 2.45) is 22.7 Å². The number of hydrogen-bond acceptors (Lipinski definition) is 6. The average molecular weight is 567 g/mol. The van der Waals surface area contributed by atoms with E-state index in [1.54, 1.807) is 11.8 Å². The molecule has 0 bridgehead atoms. The Labute approximate surface area is 247 Å². The molecule has 6 nitrogen and oxygen atoms in total. The molecule has 0 radical (unpaired) electrons. The number of likely N-dealkylation sites (tertiary alicyclic amines) is 2. The van der Waals surface area contributed by atoms with Gasteiger partial charge in [-0.1, -0.05) is 25.5 Å². The molecule has 3 saturated carbocycles. The second kappa shape index (κ2) is 11.1. The summed E-state index contributed by atoms with van der Waals surface area (Å²) >= 11 is 0. The van der Waals surface area contributed by atoms with Crippen LogP contribution in [0, 0.1) is 22.7 Å². The maximum absolute atomic E-state index is 12.9. The van der Waals surface area contributed by atoms with Gasteiger partial charge in [-0.3, -0.25) is 0 Å². The second-order valence-electron chi connectivity index (χ2n) is 14.9. The van der Waals surface area contributed by atoms with Crippen molar-refractivity contribution >= 4 is 0 Å². The molecule has 4 aliphatic carbocycles. The predicted molar refractivity (Wildman–Crippen MR) is 161 cm³/mol. The van der Waals surface area contributed by atoms with Gasteiger partial charge in [-0.25, -0.2) is 0 Å². The lowest BCUT2D eigenvalue weighted by molar-refractivity contribution is -0.233. The Bertz CT molecular complexity index is 1080. The summed E-state index contributed by atoms with van der Waals surface area (Å²) in [6.07, 6.45) is 20.1. The van der Waals surface area contributed by atoms with Crippen LogP contribution in [0.5, 0.6) is 0 Å². The molecule has 41 heavy (non-hydrogen) atoms. The van der Waals surface area contributed by atoms with Crippen LogP contribution in [-0.4, -0.2) is 79.1 Å². The molecular formula is C35H54N2O4. The molecule has 3 heterocycles. The third-order valence-corrected chi connectivity index (χ3v) is 13.3.